The number of hydrogen-bond donors (Lipinski definition) is 1. The van der Waals surface area contributed by atoms with Gasteiger partial charge in [0, 0.05) is 5.56 Å². The van der Waals surface area contributed by atoms with E-state index in [0.717, 1.165) is 24.3 Å². The van der Waals surface area contributed by atoms with Crippen molar-refractivity contribution in [2.75, 3.05) is 5.32 Å². The lowest BCUT2D eigenvalue weighted by atomic mass is 10.1. The summed E-state index contributed by atoms with van der Waals surface area (Å²) in [4.78, 5) is 12.0. The zero-order valence-electron chi connectivity index (χ0n) is 11.6. The molecule has 3 rings (SSSR count). The van der Waals surface area contributed by atoms with Crippen LogP contribution >= 0.6 is 15.9 Å². The molecule has 2 aromatic heterocycles. The predicted octanol–water partition coefficient (Wildman–Crippen LogP) is 4.36. The van der Waals surface area contributed by atoms with Crippen molar-refractivity contribution in [3.63, 3.8) is 0 Å². The largest absolute Gasteiger partial charge is 0.444 e. The third-order valence-corrected chi connectivity index (χ3v) is 3.33. The Labute approximate surface area is 140 Å². The van der Waals surface area contributed by atoms with E-state index < -0.39 is 17.6 Å². The lowest BCUT2D eigenvalue weighted by molar-refractivity contribution is -0.137. The van der Waals surface area contributed by atoms with Crippen LogP contribution in [0.2, 0.25) is 0 Å². The van der Waals surface area contributed by atoms with E-state index in [-0.39, 0.29) is 17.5 Å². The predicted molar refractivity (Wildman–Crippen MR) is 79.1 cm³/mol. The number of carbonyl (C=O) groups excluding carboxylic acids is 1. The third kappa shape index (κ3) is 3.48. The first-order valence-electron chi connectivity index (χ1n) is 6.41. The van der Waals surface area contributed by atoms with Gasteiger partial charge in [-0.15, -0.1) is 5.10 Å². The van der Waals surface area contributed by atoms with Gasteiger partial charge in [0.25, 0.3) is 11.8 Å². The quantitative estimate of drug-likeness (QED) is 0.704. The first-order valence-corrected chi connectivity index (χ1v) is 7.20. The van der Waals surface area contributed by atoms with Crippen molar-refractivity contribution in [3.8, 4) is 11.7 Å². The van der Waals surface area contributed by atoms with Crippen molar-refractivity contribution in [1.29, 1.82) is 0 Å². The summed E-state index contributed by atoms with van der Waals surface area (Å²) in [5, 5.41) is 9.62. The summed E-state index contributed by atoms with van der Waals surface area (Å²) in [6.45, 7) is 0. The van der Waals surface area contributed by atoms with Crippen LogP contribution in [0, 0.1) is 0 Å². The lowest BCUT2D eigenvalue weighted by Gasteiger charge is -2.06. The number of anilines is 1. The van der Waals surface area contributed by atoms with Crippen LogP contribution in [-0.2, 0) is 6.18 Å². The fraction of sp³-hybridized carbons (Fsp3) is 0.0714. The minimum atomic E-state index is -4.46. The number of furan rings is 1. The summed E-state index contributed by atoms with van der Waals surface area (Å²) in [5.41, 5.74) is -0.828. The zero-order valence-corrected chi connectivity index (χ0v) is 13.2. The molecule has 0 aliphatic heterocycles. The molecule has 0 aliphatic rings. The Morgan fingerprint density at radius 3 is 2.33 bits per heavy atom. The Kier molecular flexibility index (Phi) is 4.14. The molecule has 0 atom stereocenters. The molecule has 0 spiro atoms. The maximum Gasteiger partial charge on any atom is 0.416 e. The van der Waals surface area contributed by atoms with Gasteiger partial charge in [0.05, 0.1) is 5.56 Å². The Morgan fingerprint density at radius 2 is 1.75 bits per heavy atom. The highest BCUT2D eigenvalue weighted by molar-refractivity contribution is 9.10. The number of benzene rings is 1. The summed E-state index contributed by atoms with van der Waals surface area (Å²) in [7, 11) is 0. The molecule has 0 aliphatic carbocycles. The summed E-state index contributed by atoms with van der Waals surface area (Å²) in [5.74, 6) is -0.340. The molecule has 0 saturated heterocycles. The van der Waals surface area contributed by atoms with Crippen molar-refractivity contribution in [2.24, 2.45) is 0 Å². The number of aromatic nitrogens is 2. The number of nitrogens with one attached hydrogen (secondary N) is 1. The number of amides is 1. The molecule has 1 aromatic carbocycles. The molecule has 124 valence electrons. The third-order valence-electron chi connectivity index (χ3n) is 2.90. The average molecular weight is 402 g/mol. The molecule has 0 bridgehead atoms. The SMILES string of the molecule is O=C(Nc1nnc(-c2ccc(Br)o2)o1)c1ccc(C(F)(F)F)cc1. The van der Waals surface area contributed by atoms with Crippen LogP contribution in [0.3, 0.4) is 0 Å². The van der Waals surface area contributed by atoms with E-state index in [1.54, 1.807) is 12.1 Å². The highest BCUT2D eigenvalue weighted by Gasteiger charge is 2.30. The standard InChI is InChI=1S/C14H7BrF3N3O3/c15-10-6-5-9(23-10)12-20-21-13(24-12)19-11(22)7-1-3-8(4-2-7)14(16,17)18/h1-6H,(H,19,21,22). The highest BCUT2D eigenvalue weighted by atomic mass is 79.9. The van der Waals surface area contributed by atoms with E-state index in [4.69, 9.17) is 8.83 Å². The van der Waals surface area contributed by atoms with Crippen LogP contribution in [0.4, 0.5) is 19.2 Å². The van der Waals surface area contributed by atoms with Crippen molar-refractivity contribution in [2.45, 2.75) is 6.18 Å². The monoisotopic (exact) mass is 401 g/mol. The second-order valence-electron chi connectivity index (χ2n) is 4.55. The van der Waals surface area contributed by atoms with Crippen LogP contribution in [0.5, 0.6) is 0 Å². The van der Waals surface area contributed by atoms with Gasteiger partial charge in [-0.1, -0.05) is 5.10 Å². The van der Waals surface area contributed by atoms with Gasteiger partial charge in [0.15, 0.2) is 10.4 Å². The smallest absolute Gasteiger partial charge is 0.416 e. The maximum absolute atomic E-state index is 12.5. The molecule has 0 unspecified atom stereocenters. The van der Waals surface area contributed by atoms with Gasteiger partial charge >= 0.3 is 12.2 Å². The van der Waals surface area contributed by atoms with Crippen LogP contribution < -0.4 is 5.32 Å². The second-order valence-corrected chi connectivity index (χ2v) is 5.33. The number of halogens is 4. The zero-order chi connectivity index (χ0) is 17.3. The molecule has 6 nitrogen and oxygen atoms in total. The van der Waals surface area contributed by atoms with Crippen molar-refractivity contribution < 1.29 is 26.8 Å². The van der Waals surface area contributed by atoms with Crippen molar-refractivity contribution in [3.05, 3.63) is 52.2 Å². The van der Waals surface area contributed by atoms with E-state index >= 15 is 0 Å². The summed E-state index contributed by atoms with van der Waals surface area (Å²) in [6.07, 6.45) is -4.46. The lowest BCUT2D eigenvalue weighted by Crippen LogP contribution is -2.13. The number of rotatable bonds is 3. The Hall–Kier alpha value is -2.62. The topological polar surface area (TPSA) is 81.2 Å². The van der Waals surface area contributed by atoms with E-state index in [1.165, 1.54) is 0 Å². The molecule has 10 heteroatoms. The molecule has 0 radical (unpaired) electrons. The molecular weight excluding hydrogens is 395 g/mol. The average Bonchev–Trinajstić information content (AvgIpc) is 3.15. The second kappa shape index (κ2) is 6.11. The molecule has 0 fully saturated rings. The van der Waals surface area contributed by atoms with Gasteiger partial charge in [-0.05, 0) is 52.3 Å². The number of nitrogens with zero attached hydrogens (tertiary/aromatic N) is 2. The first kappa shape index (κ1) is 16.2. The normalized spacial score (nSPS) is 11.5. The van der Waals surface area contributed by atoms with Crippen molar-refractivity contribution in [1.82, 2.24) is 10.2 Å². The maximum atomic E-state index is 12.5. The van der Waals surface area contributed by atoms with Gasteiger partial charge < -0.3 is 8.83 Å². The summed E-state index contributed by atoms with van der Waals surface area (Å²) >= 11 is 3.12. The van der Waals surface area contributed by atoms with Gasteiger partial charge in [-0.25, -0.2) is 0 Å². The first-order chi connectivity index (χ1) is 11.3. The summed E-state index contributed by atoms with van der Waals surface area (Å²) < 4.78 is 48.3. The van der Waals surface area contributed by atoms with Gasteiger partial charge in [0.2, 0.25) is 0 Å². The Bertz CT molecular complexity index is 871. The van der Waals surface area contributed by atoms with Gasteiger partial charge in [-0.3, -0.25) is 10.1 Å². The van der Waals surface area contributed by atoms with Gasteiger partial charge in [0.1, 0.15) is 0 Å². The molecule has 0 saturated carbocycles. The minimum Gasteiger partial charge on any atom is -0.444 e. The van der Waals surface area contributed by atoms with Crippen LogP contribution in [0.15, 0.2) is 49.9 Å². The van der Waals surface area contributed by atoms with E-state index in [0.29, 0.717) is 10.4 Å². The van der Waals surface area contributed by atoms with E-state index in [1.807, 2.05) is 0 Å². The fourth-order valence-corrected chi connectivity index (χ4v) is 2.09. The van der Waals surface area contributed by atoms with Crippen LogP contribution in [0.25, 0.3) is 11.7 Å². The van der Waals surface area contributed by atoms with E-state index in [2.05, 4.69) is 31.4 Å². The van der Waals surface area contributed by atoms with E-state index in [9.17, 15) is 18.0 Å². The number of hydrogen-bond acceptors (Lipinski definition) is 5. The van der Waals surface area contributed by atoms with Crippen LogP contribution in [-0.4, -0.2) is 16.1 Å². The number of alkyl halides is 3. The van der Waals surface area contributed by atoms with Crippen LogP contribution in [0.1, 0.15) is 15.9 Å². The molecule has 1 amide bonds. The van der Waals surface area contributed by atoms with Gasteiger partial charge in [-0.2, -0.15) is 13.2 Å². The molecule has 24 heavy (non-hydrogen) atoms. The highest BCUT2D eigenvalue weighted by Crippen LogP contribution is 2.29. The summed E-state index contributed by atoms with van der Waals surface area (Å²) in [6, 6.07) is 6.74. The minimum absolute atomic E-state index is 0.0171. The molecular formula is C14H7BrF3N3O3. The Morgan fingerprint density at radius 1 is 1.04 bits per heavy atom. The molecule has 3 aromatic rings. The number of carbonyl (C=O) groups is 1. The fourth-order valence-electron chi connectivity index (χ4n) is 1.78. The Balaban J connectivity index is 1.72. The molecule has 1 N–H and O–H groups in total. The molecule has 2 heterocycles. The van der Waals surface area contributed by atoms with Crippen molar-refractivity contribution >= 4 is 27.9 Å².